The van der Waals surface area contributed by atoms with E-state index < -0.39 is 23.4 Å². The maximum Gasteiger partial charge on any atom is 0.416 e. The molecule has 2 atom stereocenters. The summed E-state index contributed by atoms with van der Waals surface area (Å²) in [5, 5.41) is 17.4. The monoisotopic (exact) mass is 535 g/mol. The van der Waals surface area contributed by atoms with E-state index in [9.17, 15) is 23.2 Å². The normalized spacial score (nSPS) is 21.4. The molecular formula is C27H24F3N7O2. The number of imidazole rings is 1. The Kier molecular flexibility index (Phi) is 6.01. The predicted octanol–water partition coefficient (Wildman–Crippen LogP) is 5.09. The fourth-order valence-corrected chi connectivity index (χ4v) is 5.70. The summed E-state index contributed by atoms with van der Waals surface area (Å²) >= 11 is 0. The molecule has 1 amide bonds. The molecule has 39 heavy (non-hydrogen) atoms. The second-order valence-electron chi connectivity index (χ2n) is 10.3. The van der Waals surface area contributed by atoms with E-state index in [0.717, 1.165) is 42.4 Å². The minimum atomic E-state index is -4.41. The molecule has 0 bridgehead atoms. The van der Waals surface area contributed by atoms with Crippen LogP contribution in [-0.4, -0.2) is 47.7 Å². The highest BCUT2D eigenvalue weighted by molar-refractivity contribution is 5.77. The lowest BCUT2D eigenvalue weighted by Crippen LogP contribution is -2.40. The Morgan fingerprint density at radius 1 is 1.18 bits per heavy atom. The second kappa shape index (κ2) is 9.41. The van der Waals surface area contributed by atoms with Gasteiger partial charge in [0.25, 0.3) is 0 Å². The molecule has 2 fully saturated rings. The van der Waals surface area contributed by atoms with Gasteiger partial charge in [0.15, 0.2) is 0 Å². The predicted molar refractivity (Wildman–Crippen MR) is 132 cm³/mol. The van der Waals surface area contributed by atoms with Crippen LogP contribution in [0, 0.1) is 17.2 Å². The summed E-state index contributed by atoms with van der Waals surface area (Å²) in [6, 6.07) is 12.3. The Bertz CT molecular complexity index is 1570. The average molecular weight is 536 g/mol. The van der Waals surface area contributed by atoms with Crippen LogP contribution in [0.1, 0.15) is 42.5 Å². The Morgan fingerprint density at radius 3 is 2.77 bits per heavy atom. The summed E-state index contributed by atoms with van der Waals surface area (Å²) in [5.41, 5.74) is 1.95. The number of alkyl halides is 3. The number of nitriles is 1. The van der Waals surface area contributed by atoms with Gasteiger partial charge < -0.3 is 9.30 Å². The van der Waals surface area contributed by atoms with E-state index in [0.29, 0.717) is 36.5 Å². The first-order chi connectivity index (χ1) is 18.7. The van der Waals surface area contributed by atoms with Gasteiger partial charge in [0.1, 0.15) is 11.3 Å². The van der Waals surface area contributed by atoms with Gasteiger partial charge in [0.05, 0.1) is 59.5 Å². The molecule has 0 radical (unpaired) electrons. The van der Waals surface area contributed by atoms with Gasteiger partial charge in [-0.1, -0.05) is 5.21 Å². The summed E-state index contributed by atoms with van der Waals surface area (Å²) in [6.45, 7) is 1.33. The lowest BCUT2D eigenvalue weighted by Gasteiger charge is -2.36. The standard InChI is InChI=1S/C27H24F3N7O2/c28-27(29,30)20-4-6-22(7-5-20)37-15-21(33-34-37)14-35-16-26(39-25(35)38)9-1-2-19(11-26)13-36-17-32-23-8-3-18(12-31)10-24(23)36/h3-8,10,15,17,19H,1-2,9,11,13-14,16H2/t19-,26-/m0/s1. The van der Waals surface area contributed by atoms with Crippen LogP contribution in [0.25, 0.3) is 16.7 Å². The third-order valence-electron chi connectivity index (χ3n) is 7.50. The second-order valence-corrected chi connectivity index (χ2v) is 10.3. The quantitative estimate of drug-likeness (QED) is 0.353. The number of rotatable bonds is 5. The minimum absolute atomic E-state index is 0.189. The number of carbonyl (C=O) groups is 1. The number of benzene rings is 2. The summed E-state index contributed by atoms with van der Waals surface area (Å²) in [5.74, 6) is 0.273. The number of amides is 1. The first kappa shape index (κ1) is 24.9. The number of fused-ring (bicyclic) bond motifs is 1. The number of carbonyl (C=O) groups excluding carboxylic acids is 1. The highest BCUT2D eigenvalue weighted by Gasteiger charge is 2.48. The Balaban J connectivity index is 1.12. The van der Waals surface area contributed by atoms with Crippen molar-refractivity contribution in [1.29, 1.82) is 5.26 Å². The Labute approximate surface area is 221 Å². The molecule has 1 saturated heterocycles. The number of hydrogen-bond acceptors (Lipinski definition) is 6. The van der Waals surface area contributed by atoms with Gasteiger partial charge in [-0.25, -0.2) is 14.5 Å². The largest absolute Gasteiger partial charge is 0.441 e. The van der Waals surface area contributed by atoms with Crippen LogP contribution in [0.3, 0.4) is 0 Å². The van der Waals surface area contributed by atoms with Crippen LogP contribution in [-0.2, 0) is 24.0 Å². The number of hydrogen-bond donors (Lipinski definition) is 0. The van der Waals surface area contributed by atoms with Gasteiger partial charge in [-0.2, -0.15) is 18.4 Å². The first-order valence-electron chi connectivity index (χ1n) is 12.6. The lowest BCUT2D eigenvalue weighted by atomic mass is 9.78. The maximum atomic E-state index is 12.9. The van der Waals surface area contributed by atoms with Gasteiger partial charge >= 0.3 is 12.3 Å². The number of nitrogens with zero attached hydrogens (tertiary/aromatic N) is 7. The molecule has 12 heteroatoms. The van der Waals surface area contributed by atoms with Gasteiger partial charge in [-0.15, -0.1) is 5.10 Å². The van der Waals surface area contributed by atoms with Crippen molar-refractivity contribution >= 4 is 17.1 Å². The van der Waals surface area contributed by atoms with E-state index in [1.54, 1.807) is 23.5 Å². The van der Waals surface area contributed by atoms with Gasteiger partial charge in [0.2, 0.25) is 0 Å². The molecule has 6 rings (SSSR count). The van der Waals surface area contributed by atoms with Gasteiger partial charge in [-0.05, 0) is 74.1 Å². The topological polar surface area (TPSA) is 102 Å². The number of aromatic nitrogens is 5. The van der Waals surface area contributed by atoms with E-state index in [-0.39, 0.29) is 12.5 Å². The zero-order valence-electron chi connectivity index (χ0n) is 20.8. The molecule has 0 unspecified atom stereocenters. The van der Waals surface area contributed by atoms with Crippen molar-refractivity contribution in [3.05, 3.63) is 71.8 Å². The van der Waals surface area contributed by atoms with Crippen LogP contribution in [0.15, 0.2) is 55.0 Å². The molecule has 200 valence electrons. The maximum absolute atomic E-state index is 12.9. The van der Waals surface area contributed by atoms with Crippen LogP contribution >= 0.6 is 0 Å². The summed E-state index contributed by atoms with van der Waals surface area (Å²) in [6.07, 6.45) is 1.97. The van der Waals surface area contributed by atoms with Crippen LogP contribution < -0.4 is 0 Å². The van der Waals surface area contributed by atoms with E-state index in [2.05, 4.69) is 25.9 Å². The minimum Gasteiger partial charge on any atom is -0.441 e. The summed E-state index contributed by atoms with van der Waals surface area (Å²) < 4.78 is 47.9. The smallest absolute Gasteiger partial charge is 0.416 e. The summed E-state index contributed by atoms with van der Waals surface area (Å²) in [7, 11) is 0. The molecule has 9 nitrogen and oxygen atoms in total. The molecule has 1 spiro atoms. The van der Waals surface area contributed by atoms with Crippen LogP contribution in [0.5, 0.6) is 0 Å². The molecule has 0 N–H and O–H groups in total. The van der Waals surface area contributed by atoms with E-state index >= 15 is 0 Å². The molecule has 3 heterocycles. The molecule has 1 aliphatic carbocycles. The zero-order valence-corrected chi connectivity index (χ0v) is 20.8. The third kappa shape index (κ3) is 4.92. The van der Waals surface area contributed by atoms with E-state index in [1.807, 2.05) is 12.1 Å². The average Bonchev–Trinajstić information content (AvgIpc) is 3.62. The fourth-order valence-electron chi connectivity index (χ4n) is 5.70. The molecular weight excluding hydrogens is 511 g/mol. The number of ether oxygens (including phenoxy) is 1. The van der Waals surface area contributed by atoms with E-state index in [1.165, 1.54) is 16.8 Å². The van der Waals surface area contributed by atoms with E-state index in [4.69, 9.17) is 4.74 Å². The van der Waals surface area contributed by atoms with Gasteiger partial charge in [-0.3, -0.25) is 4.90 Å². The van der Waals surface area contributed by atoms with Crippen LogP contribution in [0.2, 0.25) is 0 Å². The summed E-state index contributed by atoms with van der Waals surface area (Å²) in [4.78, 5) is 18.9. The molecule has 1 saturated carbocycles. The molecule has 1 aliphatic heterocycles. The Hall–Kier alpha value is -4.40. The molecule has 2 aliphatic rings. The SMILES string of the molecule is N#Cc1ccc2ncn(C[C@H]3CCC[C@]4(C3)CN(Cc3cn(-c5ccc(C(F)(F)F)cc5)nn3)C(=O)O4)c2c1. The van der Waals surface area contributed by atoms with Crippen molar-refractivity contribution in [1.82, 2.24) is 29.4 Å². The van der Waals surface area contributed by atoms with Crippen LogP contribution in [0.4, 0.5) is 18.0 Å². The Morgan fingerprint density at radius 2 is 2.00 bits per heavy atom. The first-order valence-corrected chi connectivity index (χ1v) is 12.6. The van der Waals surface area contributed by atoms with Crippen molar-refractivity contribution in [3.8, 4) is 11.8 Å². The molecule has 2 aromatic carbocycles. The molecule has 2 aromatic heterocycles. The highest BCUT2D eigenvalue weighted by Crippen LogP contribution is 2.41. The van der Waals surface area contributed by atoms with Gasteiger partial charge in [0, 0.05) is 6.54 Å². The number of halogens is 3. The van der Waals surface area contributed by atoms with Crippen molar-refractivity contribution < 1.29 is 22.7 Å². The van der Waals surface area contributed by atoms with Crippen molar-refractivity contribution in [2.24, 2.45) is 5.92 Å². The fraction of sp³-hybridized carbons (Fsp3) is 0.370. The van der Waals surface area contributed by atoms with Crippen molar-refractivity contribution in [2.45, 2.75) is 50.6 Å². The van der Waals surface area contributed by atoms with Crippen molar-refractivity contribution in [2.75, 3.05) is 6.54 Å². The molecule has 4 aromatic rings. The van der Waals surface area contributed by atoms with Crippen molar-refractivity contribution in [3.63, 3.8) is 0 Å². The zero-order chi connectivity index (χ0) is 27.2. The lowest BCUT2D eigenvalue weighted by molar-refractivity contribution is -0.137. The highest BCUT2D eigenvalue weighted by atomic mass is 19.4. The third-order valence-corrected chi connectivity index (χ3v) is 7.50.